The van der Waals surface area contributed by atoms with E-state index in [1.165, 1.54) is 0 Å². The van der Waals surface area contributed by atoms with Crippen molar-refractivity contribution in [3.63, 3.8) is 0 Å². The van der Waals surface area contributed by atoms with Crippen molar-refractivity contribution in [3.05, 3.63) is 0 Å². The van der Waals surface area contributed by atoms with Gasteiger partial charge in [-0.05, 0) is 12.8 Å². The molecule has 0 aromatic rings. The maximum atomic E-state index is 12.4. The maximum Gasteiger partial charge on any atom is 0.329 e. The fourth-order valence-electron chi connectivity index (χ4n) is 1.99. The number of esters is 1. The number of nitrogens with two attached hydrogens (primary N) is 1. The molecule has 1 fully saturated rings. The van der Waals surface area contributed by atoms with E-state index in [1.807, 2.05) is 13.8 Å². The molecule has 0 aliphatic carbocycles. The maximum absolute atomic E-state index is 12.4. The van der Waals surface area contributed by atoms with E-state index >= 15 is 0 Å². The van der Waals surface area contributed by atoms with Crippen LogP contribution in [0.15, 0.2) is 0 Å². The number of nitrogens with zero attached hydrogens (tertiary/aromatic N) is 1. The molecule has 2 unspecified atom stereocenters. The van der Waals surface area contributed by atoms with Crippen molar-refractivity contribution in [1.82, 2.24) is 4.90 Å². The Bertz CT molecular complexity index is 325. The van der Waals surface area contributed by atoms with Gasteiger partial charge in [0.2, 0.25) is 5.91 Å². The molecule has 0 spiro atoms. The normalized spacial score (nSPS) is 22.7. The summed E-state index contributed by atoms with van der Waals surface area (Å²) in [6.45, 7) is 6.63. The highest BCUT2D eigenvalue weighted by molar-refractivity contribution is 7.99. The van der Waals surface area contributed by atoms with E-state index in [9.17, 15) is 9.59 Å². The Morgan fingerprint density at radius 2 is 2.16 bits per heavy atom. The average molecular weight is 288 g/mol. The van der Waals surface area contributed by atoms with Gasteiger partial charge < -0.3 is 15.4 Å². The summed E-state index contributed by atoms with van der Waals surface area (Å²) in [5.74, 6) is 1.10. The van der Waals surface area contributed by atoms with Crippen molar-refractivity contribution in [1.29, 1.82) is 0 Å². The summed E-state index contributed by atoms with van der Waals surface area (Å²) in [6.07, 6.45) is 0.847. The van der Waals surface area contributed by atoms with Gasteiger partial charge in [-0.15, -0.1) is 0 Å². The number of amides is 1. The van der Waals surface area contributed by atoms with E-state index in [0.29, 0.717) is 18.9 Å². The van der Waals surface area contributed by atoms with Crippen LogP contribution in [0.3, 0.4) is 0 Å². The topological polar surface area (TPSA) is 72.6 Å². The zero-order chi connectivity index (χ0) is 14.4. The van der Waals surface area contributed by atoms with Crippen molar-refractivity contribution in [2.45, 2.75) is 39.3 Å². The Morgan fingerprint density at radius 3 is 2.74 bits per heavy atom. The Kier molecular flexibility index (Phi) is 6.65. The molecule has 1 aliphatic rings. The Balaban J connectivity index is 2.76. The van der Waals surface area contributed by atoms with E-state index in [2.05, 4.69) is 0 Å². The Labute approximate surface area is 119 Å². The first-order chi connectivity index (χ1) is 9.02. The van der Waals surface area contributed by atoms with E-state index in [-0.39, 0.29) is 17.8 Å². The minimum atomic E-state index is -0.537. The predicted molar refractivity (Wildman–Crippen MR) is 76.9 cm³/mol. The van der Waals surface area contributed by atoms with Crippen LogP contribution in [0, 0.1) is 5.92 Å². The van der Waals surface area contributed by atoms with E-state index in [1.54, 1.807) is 23.6 Å². The van der Waals surface area contributed by atoms with Gasteiger partial charge in [-0.1, -0.05) is 20.3 Å². The minimum absolute atomic E-state index is 0.116. The molecule has 19 heavy (non-hydrogen) atoms. The summed E-state index contributed by atoms with van der Waals surface area (Å²) in [5, 5.41) is 0. The minimum Gasteiger partial charge on any atom is -0.464 e. The van der Waals surface area contributed by atoms with E-state index in [0.717, 1.165) is 12.2 Å². The van der Waals surface area contributed by atoms with Crippen molar-refractivity contribution in [2.24, 2.45) is 11.7 Å². The van der Waals surface area contributed by atoms with Gasteiger partial charge >= 0.3 is 5.97 Å². The van der Waals surface area contributed by atoms with Gasteiger partial charge in [0.25, 0.3) is 0 Å². The first-order valence-corrected chi connectivity index (χ1v) is 7.98. The number of hydrogen-bond donors (Lipinski definition) is 1. The van der Waals surface area contributed by atoms with Crippen LogP contribution in [-0.4, -0.2) is 53.5 Å². The lowest BCUT2D eigenvalue weighted by Crippen LogP contribution is -2.56. The first kappa shape index (κ1) is 16.3. The van der Waals surface area contributed by atoms with Crippen molar-refractivity contribution in [3.8, 4) is 0 Å². The highest BCUT2D eigenvalue weighted by Crippen LogP contribution is 2.20. The second-order valence-corrected chi connectivity index (χ2v) is 5.94. The van der Waals surface area contributed by atoms with Gasteiger partial charge in [-0.2, -0.15) is 11.8 Å². The summed E-state index contributed by atoms with van der Waals surface area (Å²) in [6, 6.07) is -1.02. The Morgan fingerprint density at radius 1 is 1.47 bits per heavy atom. The van der Waals surface area contributed by atoms with Gasteiger partial charge in [0, 0.05) is 18.1 Å². The molecule has 5 nitrogen and oxygen atoms in total. The van der Waals surface area contributed by atoms with Gasteiger partial charge in [0.15, 0.2) is 0 Å². The number of hydrogen-bond acceptors (Lipinski definition) is 5. The second-order valence-electron chi connectivity index (χ2n) is 4.79. The van der Waals surface area contributed by atoms with Crippen LogP contribution < -0.4 is 5.73 Å². The summed E-state index contributed by atoms with van der Waals surface area (Å²) in [5.41, 5.74) is 5.99. The number of rotatable bonds is 5. The molecule has 1 rings (SSSR count). The Hall–Kier alpha value is -0.750. The molecule has 0 radical (unpaired) electrons. The highest BCUT2D eigenvalue weighted by Gasteiger charge is 2.36. The highest BCUT2D eigenvalue weighted by atomic mass is 32.2. The molecule has 6 heteroatoms. The van der Waals surface area contributed by atoms with Gasteiger partial charge in [-0.25, -0.2) is 4.79 Å². The molecule has 110 valence electrons. The van der Waals surface area contributed by atoms with E-state index < -0.39 is 12.1 Å². The van der Waals surface area contributed by atoms with Crippen LogP contribution in [0.1, 0.15) is 27.2 Å². The molecular formula is C13H24N2O3S. The van der Waals surface area contributed by atoms with Gasteiger partial charge in [0.05, 0.1) is 12.6 Å². The molecule has 2 N–H and O–H groups in total. The molecule has 1 saturated heterocycles. The first-order valence-electron chi connectivity index (χ1n) is 6.83. The predicted octanol–water partition coefficient (Wildman–Crippen LogP) is 0.867. The number of thioether (sulfide) groups is 1. The third-order valence-corrected chi connectivity index (χ3v) is 4.54. The van der Waals surface area contributed by atoms with Crippen molar-refractivity contribution in [2.75, 3.05) is 24.7 Å². The summed E-state index contributed by atoms with van der Waals surface area (Å²) in [4.78, 5) is 25.9. The second kappa shape index (κ2) is 7.75. The number of carbonyl (C=O) groups is 2. The fourth-order valence-corrected chi connectivity index (χ4v) is 3.02. The summed E-state index contributed by atoms with van der Waals surface area (Å²) in [7, 11) is 0. The molecule has 0 aromatic carbocycles. The number of ether oxygens (including phenoxy) is 1. The fraction of sp³-hybridized carbons (Fsp3) is 0.846. The molecule has 1 amide bonds. The quantitative estimate of drug-likeness (QED) is 0.760. The van der Waals surface area contributed by atoms with Crippen LogP contribution in [0.5, 0.6) is 0 Å². The smallest absolute Gasteiger partial charge is 0.329 e. The largest absolute Gasteiger partial charge is 0.464 e. The molecule has 3 atom stereocenters. The van der Waals surface area contributed by atoms with Gasteiger partial charge in [0.1, 0.15) is 6.04 Å². The standard InChI is InChI=1S/C13H24N2O3S/c1-4-9(3)11(14)12(16)15-6-7-19-8-10(15)13(17)18-5-2/h9-11H,4-8,14H2,1-3H3/t9?,10?,11-/m0/s1. The lowest BCUT2D eigenvalue weighted by atomic mass is 9.98. The molecule has 0 bridgehead atoms. The SMILES string of the molecule is CCOC(=O)C1CSCCN1C(=O)[C@@H](N)C(C)CC. The average Bonchev–Trinajstić information content (AvgIpc) is 2.45. The van der Waals surface area contributed by atoms with Crippen molar-refractivity contribution >= 4 is 23.6 Å². The van der Waals surface area contributed by atoms with Crippen LogP contribution in [0.2, 0.25) is 0 Å². The third-order valence-electron chi connectivity index (χ3n) is 3.51. The summed E-state index contributed by atoms with van der Waals surface area (Å²) < 4.78 is 5.04. The van der Waals surface area contributed by atoms with Crippen molar-refractivity contribution < 1.29 is 14.3 Å². The third kappa shape index (κ3) is 4.11. The van der Waals surface area contributed by atoms with Crippen LogP contribution >= 0.6 is 11.8 Å². The molecule has 1 heterocycles. The summed E-state index contributed by atoms with van der Waals surface area (Å²) >= 11 is 1.67. The zero-order valence-corrected chi connectivity index (χ0v) is 12.7. The van der Waals surface area contributed by atoms with Crippen LogP contribution in [-0.2, 0) is 14.3 Å². The van der Waals surface area contributed by atoms with Crippen LogP contribution in [0.25, 0.3) is 0 Å². The lowest BCUT2D eigenvalue weighted by molar-refractivity contribution is -0.154. The molecule has 1 aliphatic heterocycles. The lowest BCUT2D eigenvalue weighted by Gasteiger charge is -2.36. The molecular weight excluding hydrogens is 264 g/mol. The molecule has 0 aromatic heterocycles. The van der Waals surface area contributed by atoms with E-state index in [4.69, 9.17) is 10.5 Å². The monoisotopic (exact) mass is 288 g/mol. The van der Waals surface area contributed by atoms with Gasteiger partial charge in [-0.3, -0.25) is 4.79 Å². The van der Waals surface area contributed by atoms with Crippen LogP contribution in [0.4, 0.5) is 0 Å². The molecule has 0 saturated carbocycles. The number of carbonyl (C=O) groups excluding carboxylic acids is 2. The zero-order valence-electron chi connectivity index (χ0n) is 11.9.